The first kappa shape index (κ1) is 22.3. The van der Waals surface area contributed by atoms with E-state index in [9.17, 15) is 14.9 Å². The molecule has 6 nitrogen and oxygen atoms in total. The zero-order valence-electron chi connectivity index (χ0n) is 20.9. The summed E-state index contributed by atoms with van der Waals surface area (Å²) >= 11 is 0. The molecular weight excluding hydrogens is 498 g/mol. The van der Waals surface area contributed by atoms with Crippen LogP contribution in [0.3, 0.4) is 0 Å². The number of aromatic nitrogens is 2. The highest BCUT2D eigenvalue weighted by molar-refractivity contribution is 6.28. The third-order valence-corrected chi connectivity index (χ3v) is 7.74. The summed E-state index contributed by atoms with van der Waals surface area (Å²) in [5.74, 6) is -0.843. The number of benzene rings is 5. The summed E-state index contributed by atoms with van der Waals surface area (Å²) in [7, 11) is 0. The molecule has 2 aliphatic rings. The van der Waals surface area contributed by atoms with Crippen molar-refractivity contribution in [2.75, 3.05) is 0 Å². The fourth-order valence-electron chi connectivity index (χ4n) is 6.00. The van der Waals surface area contributed by atoms with Crippen molar-refractivity contribution in [3.8, 4) is 11.8 Å². The number of carbonyl (C=O) groups is 2. The summed E-state index contributed by atoms with van der Waals surface area (Å²) in [5, 5.41) is 11.3. The topological polar surface area (TPSA) is 92.9 Å². The predicted molar refractivity (Wildman–Crippen MR) is 150 cm³/mol. The van der Waals surface area contributed by atoms with Crippen LogP contribution in [-0.4, -0.2) is 21.5 Å². The first-order valence-electron chi connectivity index (χ1n) is 12.9. The highest BCUT2D eigenvalue weighted by atomic mass is 16.5. The molecular formula is C34H17N3O3. The Morgan fingerprint density at radius 2 is 1.35 bits per heavy atom. The number of hydrogen-bond donors (Lipinski definition) is 0. The molecule has 0 N–H and O–H groups in total. The molecule has 5 aromatic carbocycles. The SMILES string of the molecule is N#Cc1cccc(C2C3=C(Oc4c2c2nc5ccccc5nc2c2ccccc42)C(=O)c2ccccc2C3=O)c1. The van der Waals surface area contributed by atoms with Gasteiger partial charge >= 0.3 is 0 Å². The van der Waals surface area contributed by atoms with Gasteiger partial charge < -0.3 is 4.74 Å². The van der Waals surface area contributed by atoms with E-state index in [0.717, 1.165) is 16.3 Å². The molecule has 2 heterocycles. The number of nitrogens with zero attached hydrogens (tertiary/aromatic N) is 3. The van der Waals surface area contributed by atoms with E-state index >= 15 is 0 Å². The number of ether oxygens (including phenoxy) is 1. The van der Waals surface area contributed by atoms with Crippen LogP contribution in [0, 0.1) is 11.3 Å². The highest BCUT2D eigenvalue weighted by Crippen LogP contribution is 2.52. The fourth-order valence-corrected chi connectivity index (χ4v) is 6.00. The molecule has 1 aromatic heterocycles. The van der Waals surface area contributed by atoms with Gasteiger partial charge in [-0.15, -0.1) is 0 Å². The zero-order chi connectivity index (χ0) is 27.0. The van der Waals surface area contributed by atoms with Crippen LogP contribution >= 0.6 is 0 Å². The molecule has 0 amide bonds. The number of nitriles is 1. The quantitative estimate of drug-likeness (QED) is 0.179. The lowest BCUT2D eigenvalue weighted by molar-refractivity contribution is 0.0928. The molecule has 8 rings (SSSR count). The Hall–Kier alpha value is -5.67. The molecule has 40 heavy (non-hydrogen) atoms. The Morgan fingerprint density at radius 1 is 0.700 bits per heavy atom. The second-order valence-electron chi connectivity index (χ2n) is 9.92. The van der Waals surface area contributed by atoms with E-state index in [1.807, 2.05) is 54.6 Å². The van der Waals surface area contributed by atoms with Crippen molar-refractivity contribution in [3.63, 3.8) is 0 Å². The van der Waals surface area contributed by atoms with Gasteiger partial charge in [-0.05, 0) is 29.8 Å². The summed E-state index contributed by atoms with van der Waals surface area (Å²) in [5.41, 5.74) is 5.41. The number of hydrogen-bond acceptors (Lipinski definition) is 6. The summed E-state index contributed by atoms with van der Waals surface area (Å²) < 4.78 is 6.49. The van der Waals surface area contributed by atoms with Crippen molar-refractivity contribution in [1.82, 2.24) is 9.97 Å². The third-order valence-electron chi connectivity index (χ3n) is 7.74. The van der Waals surface area contributed by atoms with Crippen LogP contribution in [0.2, 0.25) is 0 Å². The number of ketones is 2. The molecule has 1 unspecified atom stereocenters. The van der Waals surface area contributed by atoms with Crippen LogP contribution in [0.1, 0.15) is 43.3 Å². The van der Waals surface area contributed by atoms with E-state index in [4.69, 9.17) is 14.7 Å². The van der Waals surface area contributed by atoms with Gasteiger partial charge in [-0.2, -0.15) is 5.26 Å². The van der Waals surface area contributed by atoms with Crippen molar-refractivity contribution >= 4 is 44.4 Å². The van der Waals surface area contributed by atoms with Gasteiger partial charge in [-0.1, -0.05) is 72.8 Å². The minimum absolute atomic E-state index is 0.0156. The van der Waals surface area contributed by atoms with Crippen molar-refractivity contribution in [3.05, 3.63) is 136 Å². The second-order valence-corrected chi connectivity index (χ2v) is 9.92. The van der Waals surface area contributed by atoms with Gasteiger partial charge in [0.15, 0.2) is 11.5 Å². The fraction of sp³-hybridized carbons (Fsp3) is 0.0294. The van der Waals surface area contributed by atoms with E-state index < -0.39 is 5.92 Å². The summed E-state index contributed by atoms with van der Waals surface area (Å²) in [6.45, 7) is 0. The molecule has 1 aliphatic carbocycles. The van der Waals surface area contributed by atoms with E-state index in [1.54, 1.807) is 42.5 Å². The maximum absolute atomic E-state index is 14.2. The summed E-state index contributed by atoms with van der Waals surface area (Å²) in [6, 6.07) is 31.5. The minimum atomic E-state index is -0.709. The molecule has 0 bridgehead atoms. The van der Waals surface area contributed by atoms with Crippen LogP contribution in [0.4, 0.5) is 0 Å². The van der Waals surface area contributed by atoms with E-state index in [2.05, 4.69) is 6.07 Å². The number of Topliss-reactive ketones (excluding diaryl/α,β-unsaturated/α-hetero) is 2. The Kier molecular flexibility index (Phi) is 4.56. The van der Waals surface area contributed by atoms with Crippen LogP contribution in [0.25, 0.3) is 32.8 Å². The average molecular weight is 516 g/mol. The molecule has 1 aliphatic heterocycles. The zero-order valence-corrected chi connectivity index (χ0v) is 20.9. The van der Waals surface area contributed by atoms with Crippen LogP contribution in [0.5, 0.6) is 5.75 Å². The Morgan fingerprint density at radius 3 is 2.10 bits per heavy atom. The van der Waals surface area contributed by atoms with Gasteiger partial charge in [0.1, 0.15) is 5.75 Å². The highest BCUT2D eigenvalue weighted by Gasteiger charge is 2.44. The largest absolute Gasteiger partial charge is 0.452 e. The van der Waals surface area contributed by atoms with Crippen molar-refractivity contribution in [2.24, 2.45) is 0 Å². The molecule has 0 saturated carbocycles. The first-order chi connectivity index (χ1) is 19.6. The number of allylic oxidation sites excluding steroid dienone is 2. The smallest absolute Gasteiger partial charge is 0.229 e. The monoisotopic (exact) mass is 515 g/mol. The molecule has 186 valence electrons. The molecule has 6 aromatic rings. The predicted octanol–water partition coefficient (Wildman–Crippen LogP) is 6.67. The van der Waals surface area contributed by atoms with Gasteiger partial charge in [0, 0.05) is 33.4 Å². The van der Waals surface area contributed by atoms with Crippen molar-refractivity contribution in [1.29, 1.82) is 5.26 Å². The van der Waals surface area contributed by atoms with Crippen molar-refractivity contribution < 1.29 is 14.3 Å². The lowest BCUT2D eigenvalue weighted by atomic mass is 9.74. The van der Waals surface area contributed by atoms with Gasteiger partial charge in [0.2, 0.25) is 5.78 Å². The summed E-state index contributed by atoms with van der Waals surface area (Å²) in [4.78, 5) is 38.1. The number of para-hydroxylation sites is 2. The van der Waals surface area contributed by atoms with Gasteiger partial charge in [-0.3, -0.25) is 9.59 Å². The molecule has 6 heteroatoms. The van der Waals surface area contributed by atoms with Crippen LogP contribution < -0.4 is 4.74 Å². The lowest BCUT2D eigenvalue weighted by Gasteiger charge is -2.34. The Labute approximate surface area is 227 Å². The second kappa shape index (κ2) is 8.16. The minimum Gasteiger partial charge on any atom is -0.452 e. The standard InChI is InChI=1S/C34H17N3O3/c35-17-18-8-7-9-19(16-18)26-27-30-29(36-24-14-5-6-15-25(24)37-30)20-10-1-4-13-23(20)33(27)40-34-28(26)31(38)21-11-2-3-12-22(21)32(34)39/h1-16,26H. The number of carbonyl (C=O) groups excluding carboxylic acids is 2. The van der Waals surface area contributed by atoms with Crippen molar-refractivity contribution in [2.45, 2.75) is 5.92 Å². The van der Waals surface area contributed by atoms with Crippen LogP contribution in [-0.2, 0) is 0 Å². The molecule has 0 fully saturated rings. The third kappa shape index (κ3) is 2.97. The van der Waals surface area contributed by atoms with E-state index in [0.29, 0.717) is 50.1 Å². The van der Waals surface area contributed by atoms with Gasteiger partial charge in [0.05, 0.1) is 39.3 Å². The van der Waals surface area contributed by atoms with E-state index in [-0.39, 0.29) is 22.9 Å². The first-order valence-corrected chi connectivity index (χ1v) is 12.9. The maximum atomic E-state index is 14.2. The molecule has 0 spiro atoms. The maximum Gasteiger partial charge on any atom is 0.229 e. The number of fused-ring (bicyclic) bond motifs is 8. The number of rotatable bonds is 1. The van der Waals surface area contributed by atoms with Crippen LogP contribution in [0.15, 0.2) is 108 Å². The molecule has 1 atom stereocenters. The van der Waals surface area contributed by atoms with Gasteiger partial charge in [0.25, 0.3) is 0 Å². The Bertz CT molecular complexity index is 2210. The molecule has 0 saturated heterocycles. The van der Waals surface area contributed by atoms with Gasteiger partial charge in [-0.25, -0.2) is 9.97 Å². The molecule has 0 radical (unpaired) electrons. The summed E-state index contributed by atoms with van der Waals surface area (Å²) in [6.07, 6.45) is 0. The Balaban J connectivity index is 1.56. The average Bonchev–Trinajstić information content (AvgIpc) is 3.02. The van der Waals surface area contributed by atoms with E-state index in [1.165, 1.54) is 0 Å². The normalized spacial score (nSPS) is 15.9. The lowest BCUT2D eigenvalue weighted by Crippen LogP contribution is -2.32.